The Morgan fingerprint density at radius 3 is 1.35 bits per heavy atom. The molecule has 0 fully saturated rings. The Labute approximate surface area is 369 Å². The zero-order valence-electron chi connectivity index (χ0n) is 37.0. The van der Waals surface area contributed by atoms with E-state index < -0.39 is 47.9 Å². The second kappa shape index (κ2) is 29.7. The number of carbonyl (C=O) groups excluding carboxylic acids is 5. The van der Waals surface area contributed by atoms with Gasteiger partial charge in [-0.05, 0) is 48.3 Å². The number of hydrogen-bond donors (Lipinski definition) is 6. The van der Waals surface area contributed by atoms with E-state index >= 15 is 0 Å². The van der Waals surface area contributed by atoms with Crippen LogP contribution < -0.4 is 27.0 Å². The van der Waals surface area contributed by atoms with Crippen LogP contribution in [0.5, 0.6) is 0 Å². The summed E-state index contributed by atoms with van der Waals surface area (Å²) in [4.78, 5) is 76.5. The maximum Gasteiger partial charge on any atom is 0.326 e. The van der Waals surface area contributed by atoms with Crippen molar-refractivity contribution in [1.29, 1.82) is 0 Å². The van der Waals surface area contributed by atoms with Crippen molar-refractivity contribution < 1.29 is 33.9 Å². The van der Waals surface area contributed by atoms with Crippen molar-refractivity contribution in [2.75, 3.05) is 0 Å². The predicted octanol–water partition coefficient (Wildman–Crippen LogP) is 7.12. The van der Waals surface area contributed by atoms with Crippen molar-refractivity contribution in [3.63, 3.8) is 0 Å². The molecule has 0 aromatic heterocycles. The summed E-state index contributed by atoms with van der Waals surface area (Å²) in [7, 11) is 0. The lowest BCUT2D eigenvalue weighted by atomic mass is 9.97. The number of aryl methyl sites for hydroxylation is 1. The third-order valence-corrected chi connectivity index (χ3v) is 11.4. The molecular weight excluding hydrogens is 783 g/mol. The van der Waals surface area contributed by atoms with Crippen LogP contribution in [0.2, 0.25) is 0 Å². The quantitative estimate of drug-likeness (QED) is 0.0360. The summed E-state index contributed by atoms with van der Waals surface area (Å²) >= 11 is 0. The molecule has 12 nitrogen and oxygen atoms in total. The number of carbonyl (C=O) groups is 6. The number of benzene rings is 3. The highest BCUT2D eigenvalue weighted by molar-refractivity contribution is 5.92. The van der Waals surface area contributed by atoms with Gasteiger partial charge in [-0.15, -0.1) is 0 Å². The van der Waals surface area contributed by atoms with Gasteiger partial charge in [0.15, 0.2) is 0 Å². The lowest BCUT2D eigenvalue weighted by Gasteiger charge is -2.26. The van der Waals surface area contributed by atoms with E-state index in [-0.39, 0.29) is 30.6 Å². The summed E-state index contributed by atoms with van der Waals surface area (Å²) in [5.74, 6) is -3.12. The first kappa shape index (κ1) is 50.8. The van der Waals surface area contributed by atoms with E-state index in [1.165, 1.54) is 0 Å². The standard InChI is InChI=1S/C50H71N5O7/c1-3-37(2)46(49(60)53-42(47(51)58)35-39-27-19-15-20-28-39)55-45(57)32-24-13-11-9-7-5-4-6-8-10-12-23-31-44(56)52-41(34-33-38-25-17-14-18-26-38)48(59)54-43(50(61)62)36-40-29-21-16-22-30-40/h14-22,25-30,37,41-43,46H,3-13,23-24,31-36H2,1-2H3,(H2,51,58)(H,52,56)(H,53,60)(H,54,59)(H,55,57)(H,61,62)/t37-,41-,42-,43-,46-/m0/s1. The van der Waals surface area contributed by atoms with Gasteiger partial charge in [0.2, 0.25) is 29.5 Å². The van der Waals surface area contributed by atoms with Gasteiger partial charge in [0, 0.05) is 25.7 Å². The van der Waals surface area contributed by atoms with Crippen molar-refractivity contribution in [2.24, 2.45) is 11.7 Å². The molecule has 0 bridgehead atoms. The normalized spacial score (nSPS) is 13.5. The first-order valence-corrected chi connectivity index (χ1v) is 22.8. The van der Waals surface area contributed by atoms with Crippen LogP contribution in [-0.4, -0.2) is 64.8 Å². The molecule has 7 N–H and O–H groups in total. The Morgan fingerprint density at radius 1 is 0.516 bits per heavy atom. The molecule has 3 aromatic carbocycles. The number of aliphatic carboxylic acids is 1. The zero-order valence-corrected chi connectivity index (χ0v) is 37.0. The summed E-state index contributed by atoms with van der Waals surface area (Å²) in [5.41, 5.74) is 8.32. The number of hydrogen-bond acceptors (Lipinski definition) is 6. The number of carboxylic acid groups (broad SMARTS) is 1. The SMILES string of the molecule is CC[C@H](C)[C@H](NC(=O)CCCCCCCCCCCCCCC(=O)N[C@@H](CCc1ccccc1)C(=O)N[C@@H](Cc1ccccc1)C(=O)O)C(=O)N[C@@H](Cc1ccccc1)C(N)=O. The minimum Gasteiger partial charge on any atom is -0.480 e. The highest BCUT2D eigenvalue weighted by Crippen LogP contribution is 2.15. The van der Waals surface area contributed by atoms with Gasteiger partial charge in [0.05, 0.1) is 0 Å². The number of nitrogens with one attached hydrogen (secondary N) is 4. The minimum atomic E-state index is -1.12. The Bertz CT molecular complexity index is 1780. The molecule has 0 unspecified atom stereocenters. The van der Waals surface area contributed by atoms with Crippen LogP contribution in [0.4, 0.5) is 0 Å². The Balaban J connectivity index is 1.26. The maximum absolute atomic E-state index is 13.3. The highest BCUT2D eigenvalue weighted by Gasteiger charge is 2.30. The van der Waals surface area contributed by atoms with Crippen molar-refractivity contribution >= 4 is 35.5 Å². The van der Waals surface area contributed by atoms with E-state index in [1.54, 1.807) is 0 Å². The largest absolute Gasteiger partial charge is 0.480 e. The predicted molar refractivity (Wildman–Crippen MR) is 244 cm³/mol. The van der Waals surface area contributed by atoms with Gasteiger partial charge in [0.1, 0.15) is 24.2 Å². The number of primary amides is 1. The second-order valence-corrected chi connectivity index (χ2v) is 16.6. The topological polar surface area (TPSA) is 197 Å². The molecule has 0 aliphatic rings. The van der Waals surface area contributed by atoms with Gasteiger partial charge in [-0.3, -0.25) is 24.0 Å². The Hall–Kier alpha value is -5.52. The van der Waals surface area contributed by atoms with Gasteiger partial charge in [-0.2, -0.15) is 0 Å². The summed E-state index contributed by atoms with van der Waals surface area (Å²) in [5, 5.41) is 21.1. The average Bonchev–Trinajstić information content (AvgIpc) is 3.27. The third-order valence-electron chi connectivity index (χ3n) is 11.4. The second-order valence-electron chi connectivity index (χ2n) is 16.6. The van der Waals surface area contributed by atoms with E-state index in [0.29, 0.717) is 32.1 Å². The molecule has 0 heterocycles. The molecular formula is C50H71N5O7. The van der Waals surface area contributed by atoms with Crippen LogP contribution in [0.25, 0.3) is 0 Å². The molecule has 0 aliphatic heterocycles. The summed E-state index contributed by atoms with van der Waals surface area (Å²) in [6.07, 6.45) is 14.9. The third kappa shape index (κ3) is 20.8. The summed E-state index contributed by atoms with van der Waals surface area (Å²) < 4.78 is 0. The smallest absolute Gasteiger partial charge is 0.326 e. The first-order chi connectivity index (χ1) is 30.0. The van der Waals surface area contributed by atoms with Crippen LogP contribution in [0.1, 0.15) is 133 Å². The molecule has 0 aliphatic carbocycles. The van der Waals surface area contributed by atoms with Crippen LogP contribution in [0.15, 0.2) is 91.0 Å². The molecule has 12 heteroatoms. The lowest BCUT2D eigenvalue weighted by Crippen LogP contribution is -2.55. The van der Waals surface area contributed by atoms with Crippen molar-refractivity contribution in [3.05, 3.63) is 108 Å². The Morgan fingerprint density at radius 2 is 0.919 bits per heavy atom. The number of amides is 5. The molecule has 5 atom stereocenters. The summed E-state index contributed by atoms with van der Waals surface area (Å²) in [6.45, 7) is 3.87. The fourth-order valence-corrected chi connectivity index (χ4v) is 7.43. The van der Waals surface area contributed by atoms with Crippen molar-refractivity contribution in [3.8, 4) is 0 Å². The van der Waals surface area contributed by atoms with Crippen LogP contribution in [0.3, 0.4) is 0 Å². The molecule has 3 rings (SSSR count). The number of nitrogens with two attached hydrogens (primary N) is 1. The van der Waals surface area contributed by atoms with E-state index in [1.807, 2.05) is 105 Å². The molecule has 62 heavy (non-hydrogen) atoms. The molecule has 0 spiro atoms. The van der Waals surface area contributed by atoms with Crippen LogP contribution in [0, 0.1) is 5.92 Å². The van der Waals surface area contributed by atoms with Gasteiger partial charge in [-0.1, -0.05) is 175 Å². The molecule has 0 radical (unpaired) electrons. The van der Waals surface area contributed by atoms with E-state index in [4.69, 9.17) is 5.73 Å². The molecule has 338 valence electrons. The molecule has 0 saturated carbocycles. The Kier molecular flexibility index (Phi) is 24.3. The zero-order chi connectivity index (χ0) is 45.0. The van der Waals surface area contributed by atoms with Crippen molar-refractivity contribution in [2.45, 2.75) is 160 Å². The number of unbranched alkanes of at least 4 members (excludes halogenated alkanes) is 11. The monoisotopic (exact) mass is 854 g/mol. The molecule has 0 saturated heterocycles. The van der Waals surface area contributed by atoms with Gasteiger partial charge in [0.25, 0.3) is 0 Å². The lowest BCUT2D eigenvalue weighted by molar-refractivity contribution is -0.142. The van der Waals surface area contributed by atoms with E-state index in [2.05, 4.69) is 21.3 Å². The fourth-order valence-electron chi connectivity index (χ4n) is 7.43. The van der Waals surface area contributed by atoms with Crippen molar-refractivity contribution in [1.82, 2.24) is 21.3 Å². The van der Waals surface area contributed by atoms with Gasteiger partial charge >= 0.3 is 5.97 Å². The molecule has 3 aromatic rings. The van der Waals surface area contributed by atoms with Gasteiger partial charge in [-0.25, -0.2) is 4.79 Å². The minimum absolute atomic E-state index is 0.112. The number of rotatable bonds is 32. The fraction of sp³-hybridized carbons (Fsp3) is 0.520. The van der Waals surface area contributed by atoms with Gasteiger partial charge < -0.3 is 32.1 Å². The van der Waals surface area contributed by atoms with E-state index in [0.717, 1.165) is 93.7 Å². The van der Waals surface area contributed by atoms with E-state index in [9.17, 15) is 33.9 Å². The van der Waals surface area contributed by atoms with Crippen LogP contribution in [-0.2, 0) is 48.0 Å². The molecule has 5 amide bonds. The summed E-state index contributed by atoms with van der Waals surface area (Å²) in [6, 6.07) is 24.6. The average molecular weight is 854 g/mol. The maximum atomic E-state index is 13.3. The van der Waals surface area contributed by atoms with Crippen LogP contribution >= 0.6 is 0 Å². The highest BCUT2D eigenvalue weighted by atomic mass is 16.4. The number of carboxylic acids is 1. The first-order valence-electron chi connectivity index (χ1n) is 22.8.